The van der Waals surface area contributed by atoms with Gasteiger partial charge in [0.2, 0.25) is 0 Å². The van der Waals surface area contributed by atoms with Crippen LogP contribution >= 0.6 is 0 Å². The standard InChI is InChI=1S/C19H16FNO6S/c1-26-16-8-5-12(9-15(16)20)17(19(22)23)18-14(10-21-27-18)11-3-6-13(7-4-11)28(2,24)25/h3-10,17H,1-2H3,(H,22,23). The van der Waals surface area contributed by atoms with Crippen LogP contribution in [0.1, 0.15) is 17.2 Å². The molecule has 0 aliphatic rings. The maximum absolute atomic E-state index is 14.1. The van der Waals surface area contributed by atoms with E-state index in [0.29, 0.717) is 11.1 Å². The largest absolute Gasteiger partial charge is 0.494 e. The number of halogens is 1. The van der Waals surface area contributed by atoms with Gasteiger partial charge in [0.15, 0.2) is 27.2 Å². The van der Waals surface area contributed by atoms with Crippen molar-refractivity contribution in [3.05, 3.63) is 65.8 Å². The Bertz CT molecular complexity index is 1120. The Labute approximate surface area is 160 Å². The van der Waals surface area contributed by atoms with Gasteiger partial charge in [0.25, 0.3) is 0 Å². The lowest BCUT2D eigenvalue weighted by atomic mass is 9.92. The summed E-state index contributed by atoms with van der Waals surface area (Å²) in [6, 6.07) is 9.70. The molecule has 1 atom stereocenters. The number of methoxy groups -OCH3 is 1. The second-order valence-corrected chi connectivity index (χ2v) is 8.08. The number of aromatic nitrogens is 1. The Hall–Kier alpha value is -3.20. The van der Waals surface area contributed by atoms with Crippen molar-refractivity contribution < 1.29 is 32.0 Å². The number of ether oxygens (including phenoxy) is 1. The molecule has 9 heteroatoms. The predicted octanol–water partition coefficient (Wildman–Crippen LogP) is 3.11. The van der Waals surface area contributed by atoms with E-state index in [0.717, 1.165) is 12.3 Å². The average Bonchev–Trinajstić information content (AvgIpc) is 3.10. The van der Waals surface area contributed by atoms with Gasteiger partial charge in [-0.25, -0.2) is 12.8 Å². The Morgan fingerprint density at radius 2 is 1.89 bits per heavy atom. The van der Waals surface area contributed by atoms with Crippen LogP contribution < -0.4 is 4.74 Å². The van der Waals surface area contributed by atoms with E-state index in [2.05, 4.69) is 5.16 Å². The highest BCUT2D eigenvalue weighted by Crippen LogP contribution is 2.35. The Morgan fingerprint density at radius 1 is 1.21 bits per heavy atom. The maximum atomic E-state index is 14.1. The zero-order chi connectivity index (χ0) is 20.5. The molecular formula is C19H16FNO6S. The van der Waals surface area contributed by atoms with E-state index in [9.17, 15) is 22.7 Å². The summed E-state index contributed by atoms with van der Waals surface area (Å²) in [6.07, 6.45) is 2.42. The second-order valence-electron chi connectivity index (χ2n) is 6.07. The molecule has 2 aromatic carbocycles. The number of carboxylic acid groups (broad SMARTS) is 1. The molecule has 1 unspecified atom stereocenters. The van der Waals surface area contributed by atoms with Crippen molar-refractivity contribution in [2.45, 2.75) is 10.8 Å². The van der Waals surface area contributed by atoms with E-state index in [1.54, 1.807) is 0 Å². The first kappa shape index (κ1) is 19.6. The fourth-order valence-electron chi connectivity index (χ4n) is 2.82. The van der Waals surface area contributed by atoms with Crippen molar-refractivity contribution in [3.8, 4) is 16.9 Å². The van der Waals surface area contributed by atoms with Crippen molar-refractivity contribution in [2.24, 2.45) is 0 Å². The second kappa shape index (κ2) is 7.43. The molecule has 3 rings (SSSR count). The number of nitrogens with zero attached hydrogens (tertiary/aromatic N) is 1. The van der Waals surface area contributed by atoms with E-state index >= 15 is 0 Å². The van der Waals surface area contributed by atoms with Crippen LogP contribution in [0.25, 0.3) is 11.1 Å². The van der Waals surface area contributed by atoms with Gasteiger partial charge < -0.3 is 14.4 Å². The van der Waals surface area contributed by atoms with Crippen molar-refractivity contribution >= 4 is 15.8 Å². The third kappa shape index (κ3) is 3.74. The van der Waals surface area contributed by atoms with E-state index in [-0.39, 0.29) is 22.0 Å². The molecule has 3 aromatic rings. The molecule has 0 saturated heterocycles. The molecule has 0 saturated carbocycles. The molecular weight excluding hydrogens is 389 g/mol. The number of aliphatic carboxylic acids is 1. The van der Waals surface area contributed by atoms with Crippen molar-refractivity contribution in [1.29, 1.82) is 0 Å². The van der Waals surface area contributed by atoms with E-state index in [1.165, 1.54) is 49.7 Å². The van der Waals surface area contributed by atoms with Crippen LogP contribution in [0.2, 0.25) is 0 Å². The van der Waals surface area contributed by atoms with Crippen molar-refractivity contribution in [1.82, 2.24) is 5.16 Å². The van der Waals surface area contributed by atoms with Gasteiger partial charge in [-0.2, -0.15) is 0 Å². The number of sulfone groups is 1. The van der Waals surface area contributed by atoms with Crippen LogP contribution in [0.3, 0.4) is 0 Å². The summed E-state index contributed by atoms with van der Waals surface area (Å²) in [6.45, 7) is 0. The smallest absolute Gasteiger partial charge is 0.318 e. The Balaban J connectivity index is 2.07. The Kier molecular flexibility index (Phi) is 5.19. The molecule has 1 aromatic heterocycles. The number of benzene rings is 2. The molecule has 28 heavy (non-hydrogen) atoms. The third-order valence-corrected chi connectivity index (χ3v) is 5.34. The summed E-state index contributed by atoms with van der Waals surface area (Å²) < 4.78 is 47.3. The van der Waals surface area contributed by atoms with Gasteiger partial charge in [0.05, 0.1) is 18.2 Å². The zero-order valence-corrected chi connectivity index (χ0v) is 15.7. The lowest BCUT2D eigenvalue weighted by Gasteiger charge is -2.13. The number of hydrogen-bond acceptors (Lipinski definition) is 6. The fraction of sp³-hybridized carbons (Fsp3) is 0.158. The van der Waals surface area contributed by atoms with E-state index in [1.807, 2.05) is 0 Å². The molecule has 0 aliphatic heterocycles. The summed E-state index contributed by atoms with van der Waals surface area (Å²) >= 11 is 0. The molecule has 146 valence electrons. The minimum absolute atomic E-state index is 0.00386. The molecule has 0 fully saturated rings. The number of carboxylic acids is 1. The zero-order valence-electron chi connectivity index (χ0n) is 14.9. The Morgan fingerprint density at radius 3 is 2.43 bits per heavy atom. The molecule has 1 N–H and O–H groups in total. The highest BCUT2D eigenvalue weighted by atomic mass is 32.2. The van der Waals surface area contributed by atoms with E-state index in [4.69, 9.17) is 9.26 Å². The minimum Gasteiger partial charge on any atom is -0.494 e. The number of carbonyl (C=O) groups is 1. The average molecular weight is 405 g/mol. The molecule has 0 aliphatic carbocycles. The van der Waals surface area contributed by atoms with Gasteiger partial charge in [-0.15, -0.1) is 0 Å². The lowest BCUT2D eigenvalue weighted by Crippen LogP contribution is -2.13. The van der Waals surface area contributed by atoms with Gasteiger partial charge in [0.1, 0.15) is 5.92 Å². The first-order chi connectivity index (χ1) is 13.2. The summed E-state index contributed by atoms with van der Waals surface area (Å²) in [7, 11) is -2.06. The van der Waals surface area contributed by atoms with Crippen molar-refractivity contribution in [2.75, 3.05) is 13.4 Å². The molecule has 0 radical (unpaired) electrons. The molecule has 0 spiro atoms. The summed E-state index contributed by atoms with van der Waals surface area (Å²) in [5.41, 5.74) is 1.03. The number of hydrogen-bond donors (Lipinski definition) is 1. The van der Waals surface area contributed by atoms with E-state index < -0.39 is 27.5 Å². The minimum atomic E-state index is -3.37. The van der Waals surface area contributed by atoms with Crippen LogP contribution in [-0.2, 0) is 14.6 Å². The number of rotatable bonds is 6. The van der Waals surface area contributed by atoms with Gasteiger partial charge in [-0.05, 0) is 35.4 Å². The maximum Gasteiger partial charge on any atom is 0.318 e. The first-order valence-electron chi connectivity index (χ1n) is 8.03. The monoisotopic (exact) mass is 405 g/mol. The SMILES string of the molecule is COc1ccc(C(C(=O)O)c2oncc2-c2ccc(S(C)(=O)=O)cc2)cc1F. The topological polar surface area (TPSA) is 107 Å². The third-order valence-electron chi connectivity index (χ3n) is 4.21. The predicted molar refractivity (Wildman–Crippen MR) is 97.5 cm³/mol. The van der Waals surface area contributed by atoms with Gasteiger partial charge in [-0.1, -0.05) is 23.4 Å². The lowest BCUT2D eigenvalue weighted by molar-refractivity contribution is -0.138. The molecule has 7 nitrogen and oxygen atoms in total. The van der Waals surface area contributed by atoms with Gasteiger partial charge in [0, 0.05) is 11.8 Å². The first-order valence-corrected chi connectivity index (χ1v) is 9.93. The van der Waals surface area contributed by atoms with Crippen LogP contribution in [0.5, 0.6) is 5.75 Å². The van der Waals surface area contributed by atoms with Crippen LogP contribution in [-0.4, -0.2) is 38.0 Å². The normalized spacial score (nSPS) is 12.5. The van der Waals surface area contributed by atoms with Crippen LogP contribution in [0.15, 0.2) is 58.1 Å². The molecule has 0 bridgehead atoms. The van der Waals surface area contributed by atoms with Crippen LogP contribution in [0, 0.1) is 5.82 Å². The quantitative estimate of drug-likeness (QED) is 0.671. The highest BCUT2D eigenvalue weighted by molar-refractivity contribution is 7.90. The molecule has 0 amide bonds. The fourth-order valence-corrected chi connectivity index (χ4v) is 3.45. The summed E-state index contributed by atoms with van der Waals surface area (Å²) in [5.74, 6) is -3.28. The van der Waals surface area contributed by atoms with Crippen LogP contribution in [0.4, 0.5) is 4.39 Å². The summed E-state index contributed by atoms with van der Waals surface area (Å²) in [4.78, 5) is 12.0. The van der Waals surface area contributed by atoms with Gasteiger partial charge in [-0.3, -0.25) is 4.79 Å². The summed E-state index contributed by atoms with van der Waals surface area (Å²) in [5, 5.41) is 13.4. The molecule has 1 heterocycles. The highest BCUT2D eigenvalue weighted by Gasteiger charge is 2.30. The van der Waals surface area contributed by atoms with Crippen molar-refractivity contribution in [3.63, 3.8) is 0 Å². The van der Waals surface area contributed by atoms with Gasteiger partial charge >= 0.3 is 5.97 Å².